The van der Waals surface area contributed by atoms with Crippen LogP contribution in [-0.4, -0.2) is 21.7 Å². The summed E-state index contributed by atoms with van der Waals surface area (Å²) in [6.45, 7) is 8.67. The van der Waals surface area contributed by atoms with Gasteiger partial charge >= 0.3 is 0 Å². The molecule has 0 bridgehead atoms. The van der Waals surface area contributed by atoms with Gasteiger partial charge in [0, 0.05) is 22.5 Å². The lowest BCUT2D eigenvalue weighted by molar-refractivity contribution is 0.315. The Balaban J connectivity index is 1.94. The zero-order chi connectivity index (χ0) is 18.7. The minimum atomic E-state index is 0.472. The highest BCUT2D eigenvalue weighted by Gasteiger charge is 2.15. The van der Waals surface area contributed by atoms with Crippen molar-refractivity contribution >= 4 is 11.6 Å². The third kappa shape index (κ3) is 3.88. The Morgan fingerprint density at radius 2 is 1.85 bits per heavy atom. The fourth-order valence-corrected chi connectivity index (χ4v) is 3.07. The van der Waals surface area contributed by atoms with Gasteiger partial charge in [0.2, 0.25) is 5.82 Å². The van der Waals surface area contributed by atoms with Gasteiger partial charge in [-0.3, -0.25) is 4.98 Å². The molecule has 0 atom stereocenters. The number of aryl methyl sites for hydroxylation is 3. The van der Waals surface area contributed by atoms with E-state index in [9.17, 15) is 0 Å². The van der Waals surface area contributed by atoms with E-state index in [0.717, 1.165) is 40.9 Å². The molecule has 3 aromatic rings. The number of rotatable bonds is 6. The van der Waals surface area contributed by atoms with Gasteiger partial charge in [0.25, 0.3) is 5.89 Å². The standard InChI is InChI=1S/C20H22ClN3O2/c1-5-7-25-18-12(3)8-14(11-17(18)21)19-23-20(26-24-19)15-9-13(4)22-16(6-2)10-15/h8-11H,5-7H2,1-4H3. The zero-order valence-corrected chi connectivity index (χ0v) is 16.2. The van der Waals surface area contributed by atoms with Crippen LogP contribution in [0.2, 0.25) is 5.02 Å². The highest BCUT2D eigenvalue weighted by atomic mass is 35.5. The van der Waals surface area contributed by atoms with Gasteiger partial charge in [-0.15, -0.1) is 0 Å². The van der Waals surface area contributed by atoms with Crippen molar-refractivity contribution in [1.29, 1.82) is 0 Å². The molecular weight excluding hydrogens is 350 g/mol. The first-order chi connectivity index (χ1) is 12.5. The number of hydrogen-bond donors (Lipinski definition) is 0. The molecule has 26 heavy (non-hydrogen) atoms. The first-order valence-electron chi connectivity index (χ1n) is 8.76. The molecule has 0 fully saturated rings. The molecule has 0 N–H and O–H groups in total. The Hall–Kier alpha value is -2.40. The average Bonchev–Trinajstić information content (AvgIpc) is 3.10. The van der Waals surface area contributed by atoms with E-state index in [-0.39, 0.29) is 0 Å². The number of nitrogens with zero attached hydrogens (tertiary/aromatic N) is 3. The van der Waals surface area contributed by atoms with Crippen molar-refractivity contribution in [2.24, 2.45) is 0 Å². The first kappa shape index (κ1) is 18.4. The fourth-order valence-electron chi connectivity index (χ4n) is 2.75. The number of hydrogen-bond acceptors (Lipinski definition) is 5. The molecule has 0 saturated carbocycles. The van der Waals surface area contributed by atoms with E-state index < -0.39 is 0 Å². The van der Waals surface area contributed by atoms with Gasteiger partial charge in [0.15, 0.2) is 0 Å². The topological polar surface area (TPSA) is 61.0 Å². The molecule has 0 spiro atoms. The summed E-state index contributed by atoms with van der Waals surface area (Å²) in [6, 6.07) is 7.69. The largest absolute Gasteiger partial charge is 0.492 e. The predicted molar refractivity (Wildman–Crippen MR) is 103 cm³/mol. The lowest BCUT2D eigenvalue weighted by atomic mass is 10.1. The molecule has 3 rings (SSSR count). The van der Waals surface area contributed by atoms with E-state index >= 15 is 0 Å². The smallest absolute Gasteiger partial charge is 0.258 e. The Morgan fingerprint density at radius 3 is 2.54 bits per heavy atom. The van der Waals surface area contributed by atoms with Crippen LogP contribution in [0.1, 0.15) is 37.2 Å². The lowest BCUT2D eigenvalue weighted by Crippen LogP contribution is -1.98. The fraction of sp³-hybridized carbons (Fsp3) is 0.350. The Labute approximate surface area is 158 Å². The van der Waals surface area contributed by atoms with Gasteiger partial charge in [0.1, 0.15) is 5.75 Å². The summed E-state index contributed by atoms with van der Waals surface area (Å²) in [6.07, 6.45) is 1.78. The summed E-state index contributed by atoms with van der Waals surface area (Å²) in [5, 5.41) is 4.66. The molecule has 5 nitrogen and oxygen atoms in total. The molecule has 0 aliphatic rings. The van der Waals surface area contributed by atoms with Crippen LogP contribution < -0.4 is 4.74 Å². The van der Waals surface area contributed by atoms with Crippen LogP contribution >= 0.6 is 11.6 Å². The van der Waals surface area contributed by atoms with Gasteiger partial charge in [-0.1, -0.05) is 30.6 Å². The van der Waals surface area contributed by atoms with Crippen LogP contribution in [0, 0.1) is 13.8 Å². The summed E-state index contributed by atoms with van der Waals surface area (Å²) < 4.78 is 11.2. The average molecular weight is 372 g/mol. The van der Waals surface area contributed by atoms with Crippen molar-refractivity contribution in [3.63, 3.8) is 0 Å². The molecule has 2 heterocycles. The molecule has 0 aliphatic heterocycles. The maximum Gasteiger partial charge on any atom is 0.258 e. The predicted octanol–water partition coefficient (Wildman–Crippen LogP) is 5.42. The van der Waals surface area contributed by atoms with Gasteiger partial charge in [-0.25, -0.2) is 0 Å². The molecule has 2 aromatic heterocycles. The minimum absolute atomic E-state index is 0.472. The maximum absolute atomic E-state index is 6.39. The van der Waals surface area contributed by atoms with E-state index in [4.69, 9.17) is 20.9 Å². The van der Waals surface area contributed by atoms with E-state index in [1.807, 2.05) is 38.1 Å². The van der Waals surface area contributed by atoms with Crippen LogP contribution in [-0.2, 0) is 6.42 Å². The number of benzene rings is 1. The number of pyridine rings is 1. The summed E-state index contributed by atoms with van der Waals surface area (Å²) in [5.74, 6) is 1.68. The van der Waals surface area contributed by atoms with Crippen molar-refractivity contribution in [1.82, 2.24) is 15.1 Å². The molecule has 0 amide bonds. The van der Waals surface area contributed by atoms with Crippen molar-refractivity contribution in [3.05, 3.63) is 46.2 Å². The van der Waals surface area contributed by atoms with Crippen molar-refractivity contribution in [2.45, 2.75) is 40.5 Å². The van der Waals surface area contributed by atoms with Gasteiger partial charge in [0.05, 0.1) is 11.6 Å². The molecule has 6 heteroatoms. The van der Waals surface area contributed by atoms with Gasteiger partial charge < -0.3 is 9.26 Å². The normalized spacial score (nSPS) is 11.0. The van der Waals surface area contributed by atoms with Crippen LogP contribution in [0.4, 0.5) is 0 Å². The van der Waals surface area contributed by atoms with Crippen LogP contribution in [0.5, 0.6) is 5.75 Å². The van der Waals surface area contributed by atoms with E-state index in [1.165, 1.54) is 0 Å². The molecule has 0 unspecified atom stereocenters. The van der Waals surface area contributed by atoms with E-state index in [1.54, 1.807) is 0 Å². The van der Waals surface area contributed by atoms with Gasteiger partial charge in [-0.05, 0) is 56.5 Å². The highest BCUT2D eigenvalue weighted by molar-refractivity contribution is 6.32. The van der Waals surface area contributed by atoms with Crippen LogP contribution in [0.25, 0.3) is 22.8 Å². The third-order valence-electron chi connectivity index (χ3n) is 3.98. The molecule has 0 radical (unpaired) electrons. The number of aromatic nitrogens is 3. The second kappa shape index (κ2) is 7.87. The third-order valence-corrected chi connectivity index (χ3v) is 4.26. The van der Waals surface area contributed by atoms with Crippen molar-refractivity contribution in [3.8, 4) is 28.6 Å². The minimum Gasteiger partial charge on any atom is -0.492 e. The zero-order valence-electron chi connectivity index (χ0n) is 15.5. The molecule has 0 saturated heterocycles. The molecule has 1 aromatic carbocycles. The quantitative estimate of drug-likeness (QED) is 0.579. The number of ether oxygens (including phenoxy) is 1. The Bertz CT molecular complexity index is 898. The highest BCUT2D eigenvalue weighted by Crippen LogP contribution is 2.34. The molecule has 136 valence electrons. The van der Waals surface area contributed by atoms with E-state index in [0.29, 0.717) is 29.1 Å². The number of halogens is 1. The second-order valence-electron chi connectivity index (χ2n) is 6.22. The first-order valence-corrected chi connectivity index (χ1v) is 9.14. The molecular formula is C20H22ClN3O2. The van der Waals surface area contributed by atoms with E-state index in [2.05, 4.69) is 29.0 Å². The van der Waals surface area contributed by atoms with Crippen LogP contribution in [0.15, 0.2) is 28.8 Å². The van der Waals surface area contributed by atoms with Crippen molar-refractivity contribution in [2.75, 3.05) is 6.61 Å². The van der Waals surface area contributed by atoms with Crippen LogP contribution in [0.3, 0.4) is 0 Å². The van der Waals surface area contributed by atoms with Gasteiger partial charge in [-0.2, -0.15) is 4.98 Å². The Kier molecular flexibility index (Phi) is 5.57. The Morgan fingerprint density at radius 1 is 1.04 bits per heavy atom. The monoisotopic (exact) mass is 371 g/mol. The summed E-state index contributed by atoms with van der Waals surface area (Å²) in [4.78, 5) is 9.02. The second-order valence-corrected chi connectivity index (χ2v) is 6.62. The maximum atomic E-state index is 6.39. The molecule has 0 aliphatic carbocycles. The summed E-state index contributed by atoms with van der Waals surface area (Å²) >= 11 is 6.39. The SMILES string of the molecule is CCCOc1c(C)cc(-c2noc(-c3cc(C)nc(CC)c3)n2)cc1Cl. The summed E-state index contributed by atoms with van der Waals surface area (Å²) in [7, 11) is 0. The van der Waals surface area contributed by atoms with Crippen molar-refractivity contribution < 1.29 is 9.26 Å². The lowest BCUT2D eigenvalue weighted by Gasteiger charge is -2.11. The summed E-state index contributed by atoms with van der Waals surface area (Å²) in [5.41, 5.74) is 4.54.